The molecular formula is C17H23N7O4S. The van der Waals surface area contributed by atoms with Crippen LogP contribution in [0, 0.1) is 10.1 Å². The summed E-state index contributed by atoms with van der Waals surface area (Å²) in [4.78, 5) is 39.6. The Morgan fingerprint density at radius 3 is 2.48 bits per heavy atom. The van der Waals surface area contributed by atoms with Crippen molar-refractivity contribution >= 4 is 46.1 Å². The molecular weight excluding hydrogens is 398 g/mol. The van der Waals surface area contributed by atoms with Gasteiger partial charge in [-0.1, -0.05) is 11.8 Å². The molecule has 0 spiro atoms. The molecule has 1 fully saturated rings. The summed E-state index contributed by atoms with van der Waals surface area (Å²) in [5.74, 6) is 0.354. The molecule has 0 unspecified atom stereocenters. The number of fused-ring (bicyclic) bond motifs is 1. The first-order chi connectivity index (χ1) is 13.6. The van der Waals surface area contributed by atoms with Crippen LogP contribution in [0.1, 0.15) is 20.8 Å². The first-order valence-electron chi connectivity index (χ1n) is 8.98. The number of nitro groups is 1. The van der Waals surface area contributed by atoms with Crippen LogP contribution in [0.15, 0.2) is 11.4 Å². The number of hydrogen-bond donors (Lipinski definition) is 1. The molecule has 1 amide bonds. The Hall–Kier alpha value is -2.89. The van der Waals surface area contributed by atoms with Crippen LogP contribution < -0.4 is 10.6 Å². The van der Waals surface area contributed by atoms with Gasteiger partial charge in [-0.15, -0.1) is 0 Å². The molecule has 0 bridgehead atoms. The third-order valence-corrected chi connectivity index (χ3v) is 4.85. The lowest BCUT2D eigenvalue weighted by molar-refractivity contribution is -0.382. The highest BCUT2D eigenvalue weighted by Gasteiger charge is 2.29. The number of nitrogen functional groups attached to an aromatic ring is 1. The van der Waals surface area contributed by atoms with Gasteiger partial charge < -0.3 is 20.3 Å². The van der Waals surface area contributed by atoms with E-state index in [1.165, 1.54) is 18.0 Å². The molecule has 3 rings (SSSR count). The van der Waals surface area contributed by atoms with Crippen LogP contribution in [-0.4, -0.2) is 68.9 Å². The molecule has 2 aromatic heterocycles. The minimum atomic E-state index is -0.577. The summed E-state index contributed by atoms with van der Waals surface area (Å²) in [6, 6.07) is 0. The number of thioether (sulfide) groups is 1. The van der Waals surface area contributed by atoms with Gasteiger partial charge in [-0.05, 0) is 27.0 Å². The average molecular weight is 421 g/mol. The van der Waals surface area contributed by atoms with Gasteiger partial charge in [0.2, 0.25) is 5.82 Å². The van der Waals surface area contributed by atoms with Gasteiger partial charge in [0.25, 0.3) is 0 Å². The highest BCUT2D eigenvalue weighted by Crippen LogP contribution is 2.34. The van der Waals surface area contributed by atoms with Gasteiger partial charge in [0, 0.05) is 32.4 Å². The second-order valence-electron chi connectivity index (χ2n) is 7.50. The van der Waals surface area contributed by atoms with Gasteiger partial charge >= 0.3 is 11.8 Å². The lowest BCUT2D eigenvalue weighted by Crippen LogP contribution is -2.50. The molecule has 0 aromatic carbocycles. The van der Waals surface area contributed by atoms with E-state index in [-0.39, 0.29) is 23.1 Å². The number of pyridine rings is 1. The van der Waals surface area contributed by atoms with Crippen molar-refractivity contribution < 1.29 is 14.5 Å². The number of anilines is 2. The number of carbonyl (C=O) groups is 1. The van der Waals surface area contributed by atoms with E-state index in [4.69, 9.17) is 10.5 Å². The fraction of sp³-hybridized carbons (Fsp3) is 0.529. The zero-order valence-electron chi connectivity index (χ0n) is 16.7. The predicted octanol–water partition coefficient (Wildman–Crippen LogP) is 2.29. The van der Waals surface area contributed by atoms with Crippen molar-refractivity contribution in [3.8, 4) is 0 Å². The van der Waals surface area contributed by atoms with Crippen LogP contribution in [0.2, 0.25) is 0 Å². The van der Waals surface area contributed by atoms with Gasteiger partial charge in [-0.25, -0.2) is 19.7 Å². The lowest BCUT2D eigenvalue weighted by atomic mass is 10.2. The fourth-order valence-corrected chi connectivity index (χ4v) is 3.35. The molecule has 11 nitrogen and oxygen atoms in total. The highest BCUT2D eigenvalue weighted by molar-refractivity contribution is 7.98. The van der Waals surface area contributed by atoms with Crippen LogP contribution >= 0.6 is 11.8 Å². The number of nitrogens with two attached hydrogens (primary N) is 1. The number of ether oxygens (including phenoxy) is 1. The largest absolute Gasteiger partial charge is 0.444 e. The molecule has 3 heterocycles. The van der Waals surface area contributed by atoms with Gasteiger partial charge in [-0.3, -0.25) is 10.1 Å². The molecule has 156 valence electrons. The SMILES string of the molecule is CSc1nc(N2CCN(C(=O)OC(C)(C)C)CC2)c2cnc(N)c([N+](=O)[O-])c2n1. The maximum absolute atomic E-state index is 12.3. The first-order valence-corrected chi connectivity index (χ1v) is 10.2. The standard InChI is InChI=1S/C17H23N7O4S/c1-17(2,3)28-16(25)23-7-5-22(6-8-23)14-10-9-19-13(18)12(24(26)27)11(10)20-15(21-14)29-4/h9H,5-8H2,1-4H3,(H2,18,19). The topological polar surface area (TPSA) is 141 Å². The maximum atomic E-state index is 12.3. The van der Waals surface area contributed by atoms with Crippen molar-refractivity contribution in [2.75, 3.05) is 43.1 Å². The Morgan fingerprint density at radius 1 is 1.28 bits per heavy atom. The lowest BCUT2D eigenvalue weighted by Gasteiger charge is -2.36. The summed E-state index contributed by atoms with van der Waals surface area (Å²) in [7, 11) is 0. The number of carbonyl (C=O) groups excluding carboxylic acids is 1. The van der Waals surface area contributed by atoms with Crippen LogP contribution in [-0.2, 0) is 4.74 Å². The Kier molecular flexibility index (Phi) is 5.64. The van der Waals surface area contributed by atoms with Crippen LogP contribution in [0.4, 0.5) is 22.1 Å². The summed E-state index contributed by atoms with van der Waals surface area (Å²) in [6.07, 6.45) is 2.89. The van der Waals surface area contributed by atoms with E-state index in [0.717, 1.165) is 0 Å². The van der Waals surface area contributed by atoms with E-state index in [0.29, 0.717) is 42.5 Å². The predicted molar refractivity (Wildman–Crippen MR) is 110 cm³/mol. The Labute approximate surface area is 171 Å². The molecule has 29 heavy (non-hydrogen) atoms. The molecule has 1 saturated heterocycles. The Bertz CT molecular complexity index is 955. The molecule has 1 aliphatic rings. The van der Waals surface area contributed by atoms with Crippen molar-refractivity contribution in [3.63, 3.8) is 0 Å². The van der Waals surface area contributed by atoms with E-state index in [1.54, 1.807) is 11.2 Å². The molecule has 2 N–H and O–H groups in total. The average Bonchev–Trinajstić information content (AvgIpc) is 2.65. The molecule has 0 saturated carbocycles. The number of aromatic nitrogens is 3. The minimum absolute atomic E-state index is 0.159. The van der Waals surface area contributed by atoms with E-state index in [1.807, 2.05) is 25.7 Å². The molecule has 1 aliphatic heterocycles. The second-order valence-corrected chi connectivity index (χ2v) is 8.27. The van der Waals surface area contributed by atoms with Crippen LogP contribution in [0.5, 0.6) is 0 Å². The van der Waals surface area contributed by atoms with E-state index < -0.39 is 10.5 Å². The van der Waals surface area contributed by atoms with Gasteiger partial charge in [0.05, 0.1) is 10.3 Å². The molecule has 12 heteroatoms. The number of rotatable bonds is 3. The summed E-state index contributed by atoms with van der Waals surface area (Å²) >= 11 is 1.28. The summed E-state index contributed by atoms with van der Waals surface area (Å²) in [5.41, 5.74) is 4.99. The third-order valence-electron chi connectivity index (χ3n) is 4.30. The number of amides is 1. The molecule has 0 radical (unpaired) electrons. The van der Waals surface area contributed by atoms with Crippen molar-refractivity contribution in [2.45, 2.75) is 31.5 Å². The van der Waals surface area contributed by atoms with Crippen molar-refractivity contribution in [1.29, 1.82) is 0 Å². The highest BCUT2D eigenvalue weighted by atomic mass is 32.2. The van der Waals surface area contributed by atoms with Gasteiger partial charge in [-0.2, -0.15) is 0 Å². The maximum Gasteiger partial charge on any atom is 0.410 e. The van der Waals surface area contributed by atoms with Crippen molar-refractivity contribution in [1.82, 2.24) is 19.9 Å². The Balaban J connectivity index is 1.92. The zero-order chi connectivity index (χ0) is 21.3. The fourth-order valence-electron chi connectivity index (χ4n) is 2.99. The molecule has 0 atom stereocenters. The Morgan fingerprint density at radius 2 is 1.93 bits per heavy atom. The number of nitrogens with zero attached hydrogens (tertiary/aromatic N) is 6. The smallest absolute Gasteiger partial charge is 0.410 e. The second kappa shape index (κ2) is 7.85. The zero-order valence-corrected chi connectivity index (χ0v) is 17.5. The minimum Gasteiger partial charge on any atom is -0.444 e. The molecule has 0 aliphatic carbocycles. The van der Waals surface area contributed by atoms with Gasteiger partial charge in [0.15, 0.2) is 10.7 Å². The van der Waals surface area contributed by atoms with Gasteiger partial charge in [0.1, 0.15) is 11.4 Å². The first kappa shape index (κ1) is 20.8. The van der Waals surface area contributed by atoms with E-state index >= 15 is 0 Å². The van der Waals surface area contributed by atoms with Crippen LogP contribution in [0.3, 0.4) is 0 Å². The normalized spacial score (nSPS) is 14.9. The summed E-state index contributed by atoms with van der Waals surface area (Å²) < 4.78 is 5.42. The third kappa shape index (κ3) is 4.42. The van der Waals surface area contributed by atoms with Crippen molar-refractivity contribution in [2.24, 2.45) is 0 Å². The summed E-state index contributed by atoms with van der Waals surface area (Å²) in [5, 5.41) is 12.4. The number of hydrogen-bond acceptors (Lipinski definition) is 10. The van der Waals surface area contributed by atoms with Crippen LogP contribution in [0.25, 0.3) is 10.9 Å². The van der Waals surface area contributed by atoms with E-state index in [2.05, 4.69) is 15.0 Å². The quantitative estimate of drug-likeness (QED) is 0.339. The number of piperazine rings is 1. The van der Waals surface area contributed by atoms with E-state index in [9.17, 15) is 14.9 Å². The summed E-state index contributed by atoms with van der Waals surface area (Å²) in [6.45, 7) is 7.35. The molecule has 2 aromatic rings. The monoisotopic (exact) mass is 421 g/mol. The van der Waals surface area contributed by atoms with Crippen molar-refractivity contribution in [3.05, 3.63) is 16.3 Å².